The SMILES string of the molecule is CC(=O)c1[nH][n+](CC(=O)N2[C@H](C(=O)Nc3nc(Br)ccc3C)C[C@@]3(C)C[C@@H]23)c2c(C)cc(-c3cnc(C)nc3)cc12. The van der Waals surface area contributed by atoms with Gasteiger partial charge in [-0.2, -0.15) is 5.10 Å². The molecular weight excluding hydrogens is 586 g/mol. The maximum absolute atomic E-state index is 13.9. The molecule has 1 aliphatic carbocycles. The number of halogens is 1. The largest absolute Gasteiger partial charge is 0.322 e. The van der Waals surface area contributed by atoms with Gasteiger partial charge in [0.05, 0.1) is 5.39 Å². The van der Waals surface area contributed by atoms with Gasteiger partial charge < -0.3 is 10.2 Å². The van der Waals surface area contributed by atoms with E-state index in [1.165, 1.54) is 6.92 Å². The van der Waals surface area contributed by atoms with Crippen molar-refractivity contribution in [3.05, 3.63) is 63.9 Å². The second-order valence-electron chi connectivity index (χ2n) is 11.5. The Morgan fingerprint density at radius 2 is 1.83 bits per heavy atom. The van der Waals surface area contributed by atoms with Crippen LogP contribution in [0.15, 0.2) is 41.3 Å². The number of benzene rings is 1. The number of likely N-dealkylation sites (tertiary alicyclic amines) is 1. The Morgan fingerprint density at radius 3 is 2.54 bits per heavy atom. The van der Waals surface area contributed by atoms with Gasteiger partial charge in [-0.05, 0) is 84.3 Å². The zero-order valence-corrected chi connectivity index (χ0v) is 25.2. The summed E-state index contributed by atoms with van der Waals surface area (Å²) in [5.74, 6) is 0.603. The number of rotatable bonds is 6. The van der Waals surface area contributed by atoms with E-state index in [0.29, 0.717) is 28.4 Å². The normalized spacial score (nSPS) is 21.2. The van der Waals surface area contributed by atoms with Crippen LogP contribution in [0.25, 0.3) is 22.0 Å². The number of nitrogens with one attached hydrogen (secondary N) is 2. The number of hydrogen-bond donors (Lipinski definition) is 2. The number of fused-ring (bicyclic) bond motifs is 2. The zero-order valence-electron chi connectivity index (χ0n) is 23.6. The van der Waals surface area contributed by atoms with Crippen LogP contribution in [0.4, 0.5) is 5.82 Å². The zero-order chi connectivity index (χ0) is 29.2. The molecule has 2 amide bonds. The fraction of sp³-hybridized carbons (Fsp3) is 0.367. The lowest BCUT2D eigenvalue weighted by atomic mass is 10.0. The third kappa shape index (κ3) is 4.81. The third-order valence-electron chi connectivity index (χ3n) is 8.38. The minimum absolute atomic E-state index is 0.00524. The van der Waals surface area contributed by atoms with E-state index >= 15 is 0 Å². The van der Waals surface area contributed by atoms with Crippen LogP contribution in [0.2, 0.25) is 0 Å². The van der Waals surface area contributed by atoms with E-state index < -0.39 is 6.04 Å². The lowest BCUT2D eigenvalue weighted by Gasteiger charge is -2.25. The molecule has 0 unspecified atom stereocenters. The van der Waals surface area contributed by atoms with Crippen molar-refractivity contribution in [3.63, 3.8) is 0 Å². The van der Waals surface area contributed by atoms with Crippen molar-refractivity contribution >= 4 is 50.2 Å². The minimum atomic E-state index is -0.602. The number of carbonyl (C=O) groups excluding carboxylic acids is 3. The highest BCUT2D eigenvalue weighted by molar-refractivity contribution is 9.10. The van der Waals surface area contributed by atoms with Gasteiger partial charge in [0.2, 0.25) is 18.0 Å². The minimum Gasteiger partial charge on any atom is -0.322 e. The van der Waals surface area contributed by atoms with Crippen LogP contribution >= 0.6 is 15.9 Å². The van der Waals surface area contributed by atoms with Crippen LogP contribution in [-0.4, -0.2) is 54.6 Å². The summed E-state index contributed by atoms with van der Waals surface area (Å²) in [5.41, 5.74) is 4.58. The number of H-pyrrole nitrogens is 1. The van der Waals surface area contributed by atoms with E-state index in [1.807, 2.05) is 45.0 Å². The van der Waals surface area contributed by atoms with Crippen molar-refractivity contribution in [2.24, 2.45) is 5.41 Å². The maximum Gasteiger partial charge on any atom is 0.291 e. The van der Waals surface area contributed by atoms with Crippen molar-refractivity contribution in [2.45, 2.75) is 66.1 Å². The molecule has 1 saturated carbocycles. The monoisotopic (exact) mass is 616 g/mol. The van der Waals surface area contributed by atoms with Crippen LogP contribution in [0.3, 0.4) is 0 Å². The highest BCUT2D eigenvalue weighted by atomic mass is 79.9. The van der Waals surface area contributed by atoms with E-state index in [4.69, 9.17) is 0 Å². The number of anilines is 1. The molecule has 3 atom stereocenters. The van der Waals surface area contributed by atoms with Crippen LogP contribution < -0.4 is 10.00 Å². The van der Waals surface area contributed by atoms with Crippen molar-refractivity contribution < 1.29 is 19.1 Å². The van der Waals surface area contributed by atoms with E-state index in [2.05, 4.69) is 48.2 Å². The number of Topliss-reactive ketones (excluding diaryl/α,β-unsaturated/α-hetero) is 1. The Bertz CT molecular complexity index is 1750. The number of nitrogens with zero attached hydrogens (tertiary/aromatic N) is 5. The summed E-state index contributed by atoms with van der Waals surface area (Å²) in [7, 11) is 0. The molecule has 1 saturated heterocycles. The second kappa shape index (κ2) is 9.83. The molecule has 4 heterocycles. The summed E-state index contributed by atoms with van der Waals surface area (Å²) < 4.78 is 2.35. The Balaban J connectivity index is 1.32. The molecule has 10 nitrogen and oxygen atoms in total. The van der Waals surface area contributed by atoms with Gasteiger partial charge in [-0.3, -0.25) is 14.4 Å². The molecule has 2 fully saturated rings. The molecular formula is C30H31BrN7O3+. The van der Waals surface area contributed by atoms with Gasteiger partial charge in [-0.25, -0.2) is 15.0 Å². The molecule has 2 aliphatic rings. The number of aryl methyl sites for hydroxylation is 3. The van der Waals surface area contributed by atoms with Gasteiger partial charge in [-0.1, -0.05) is 17.7 Å². The van der Waals surface area contributed by atoms with Crippen LogP contribution in [-0.2, 0) is 16.1 Å². The number of carbonyl (C=O) groups is 3. The first-order valence-corrected chi connectivity index (χ1v) is 14.4. The fourth-order valence-corrected chi connectivity index (χ4v) is 6.39. The van der Waals surface area contributed by atoms with Crippen molar-refractivity contribution in [1.29, 1.82) is 0 Å². The molecule has 0 radical (unpaired) electrons. The molecule has 2 N–H and O–H groups in total. The molecule has 210 valence electrons. The molecule has 41 heavy (non-hydrogen) atoms. The molecule has 3 aromatic heterocycles. The van der Waals surface area contributed by atoms with Gasteiger partial charge in [0.25, 0.3) is 5.91 Å². The Kier molecular flexibility index (Phi) is 6.52. The van der Waals surface area contributed by atoms with E-state index in [0.717, 1.165) is 39.6 Å². The molecule has 1 aromatic carbocycles. The number of pyridine rings is 1. The number of ketones is 1. The number of aromatic nitrogens is 5. The quantitative estimate of drug-likeness (QED) is 0.190. The van der Waals surface area contributed by atoms with Crippen molar-refractivity contribution in [3.8, 4) is 11.1 Å². The van der Waals surface area contributed by atoms with Gasteiger partial charge in [-0.15, -0.1) is 0 Å². The molecule has 11 heteroatoms. The molecule has 6 rings (SSSR count). The maximum atomic E-state index is 13.9. The number of hydrogen-bond acceptors (Lipinski definition) is 6. The first-order valence-electron chi connectivity index (χ1n) is 13.6. The standard InChI is InChI=1S/C30H30BrN7O3/c1-15-6-7-24(31)34-28(15)35-29(41)22-10-30(5)11-23(30)38(22)25(40)14-37-27-16(2)8-19(20-12-32-18(4)33-13-20)9-21(27)26(36-37)17(3)39/h6-9,12-13,22-23H,10-11,14H2,1-5H3,(H,34,35,41)/p+1/t22-,23+,30-/m0/s1. The smallest absolute Gasteiger partial charge is 0.291 e. The van der Waals surface area contributed by atoms with Crippen molar-refractivity contribution in [1.82, 2.24) is 25.0 Å². The summed E-state index contributed by atoms with van der Waals surface area (Å²) in [5, 5.41) is 6.85. The average Bonchev–Trinajstić information content (AvgIpc) is 3.27. The highest BCUT2D eigenvalue weighted by Gasteiger charge is 2.64. The van der Waals surface area contributed by atoms with Gasteiger partial charge in [0.1, 0.15) is 22.3 Å². The molecule has 4 aromatic rings. The highest BCUT2D eigenvalue weighted by Crippen LogP contribution is 2.59. The van der Waals surface area contributed by atoms with E-state index in [-0.39, 0.29) is 35.6 Å². The lowest BCUT2D eigenvalue weighted by molar-refractivity contribution is -0.715. The number of aromatic amines is 1. The van der Waals surface area contributed by atoms with Gasteiger partial charge in [0, 0.05) is 36.5 Å². The number of piperidine rings is 1. The van der Waals surface area contributed by atoms with Crippen LogP contribution in [0, 0.1) is 26.2 Å². The predicted octanol–water partition coefficient (Wildman–Crippen LogP) is 4.22. The Morgan fingerprint density at radius 1 is 1.10 bits per heavy atom. The Hall–Kier alpha value is -3.99. The van der Waals surface area contributed by atoms with Crippen molar-refractivity contribution in [2.75, 3.05) is 5.32 Å². The average molecular weight is 618 g/mol. The number of amides is 2. The van der Waals surface area contributed by atoms with Gasteiger partial charge in [0.15, 0.2) is 11.5 Å². The molecule has 0 bridgehead atoms. The summed E-state index contributed by atoms with van der Waals surface area (Å²) in [4.78, 5) is 54.8. The first kappa shape index (κ1) is 27.2. The fourth-order valence-electron chi connectivity index (χ4n) is 6.08. The topological polar surface area (TPSA) is 125 Å². The second-order valence-corrected chi connectivity index (χ2v) is 12.3. The predicted molar refractivity (Wildman–Crippen MR) is 156 cm³/mol. The summed E-state index contributed by atoms with van der Waals surface area (Å²) >= 11 is 3.36. The summed E-state index contributed by atoms with van der Waals surface area (Å²) in [6.07, 6.45) is 4.98. The van der Waals surface area contributed by atoms with Gasteiger partial charge >= 0.3 is 0 Å². The van der Waals surface area contributed by atoms with E-state index in [1.54, 1.807) is 22.0 Å². The summed E-state index contributed by atoms with van der Waals surface area (Å²) in [6.45, 7) is 9.27. The summed E-state index contributed by atoms with van der Waals surface area (Å²) in [6, 6.07) is 7.04. The lowest BCUT2D eigenvalue weighted by Crippen LogP contribution is -2.52. The van der Waals surface area contributed by atoms with E-state index in [9.17, 15) is 14.4 Å². The molecule has 0 spiro atoms. The van der Waals surface area contributed by atoms with Crippen LogP contribution in [0.1, 0.15) is 54.1 Å². The Labute approximate surface area is 245 Å². The van der Waals surface area contributed by atoms with Crippen LogP contribution in [0.5, 0.6) is 0 Å². The first-order chi connectivity index (χ1) is 19.4. The third-order valence-corrected chi connectivity index (χ3v) is 8.82. The molecule has 1 aliphatic heterocycles.